The fourth-order valence-electron chi connectivity index (χ4n) is 1.84. The minimum Gasteiger partial charge on any atom is -0.480 e. The zero-order valence-electron chi connectivity index (χ0n) is 10.2. The zero-order valence-corrected chi connectivity index (χ0v) is 10.2. The minimum absolute atomic E-state index is 0.117. The monoisotopic (exact) mass is 267 g/mol. The van der Waals surface area contributed by atoms with E-state index in [0.717, 1.165) is 0 Å². The first-order chi connectivity index (χ1) is 9.06. The molecule has 2 N–H and O–H groups in total. The smallest absolute Gasteiger partial charge is 0.324 e. The number of ether oxygens (including phenoxy) is 1. The maximum atomic E-state index is 13.3. The minimum atomic E-state index is -1.48. The topological polar surface area (TPSA) is 75.6 Å². The Morgan fingerprint density at radius 1 is 1.37 bits per heavy atom. The van der Waals surface area contributed by atoms with Crippen LogP contribution in [0.3, 0.4) is 0 Å². The van der Waals surface area contributed by atoms with Crippen LogP contribution in [0, 0.1) is 11.2 Å². The lowest BCUT2D eigenvalue weighted by Crippen LogP contribution is -2.59. The quantitative estimate of drug-likeness (QED) is 0.765. The van der Waals surface area contributed by atoms with Gasteiger partial charge in [-0.15, -0.1) is 0 Å². The molecule has 0 saturated carbocycles. The van der Waals surface area contributed by atoms with Gasteiger partial charge >= 0.3 is 5.97 Å². The lowest BCUT2D eigenvalue weighted by atomic mass is 9.85. The van der Waals surface area contributed by atoms with Gasteiger partial charge < -0.3 is 15.2 Å². The zero-order chi connectivity index (χ0) is 13.9. The van der Waals surface area contributed by atoms with E-state index >= 15 is 0 Å². The average molecular weight is 267 g/mol. The van der Waals surface area contributed by atoms with Crippen LogP contribution in [0.2, 0.25) is 0 Å². The third-order valence-corrected chi connectivity index (χ3v) is 3.18. The van der Waals surface area contributed by atoms with Crippen LogP contribution in [0.1, 0.15) is 5.56 Å². The van der Waals surface area contributed by atoms with Crippen LogP contribution >= 0.6 is 0 Å². The van der Waals surface area contributed by atoms with Gasteiger partial charge in [0, 0.05) is 6.54 Å². The molecule has 0 radical (unpaired) electrons. The third kappa shape index (κ3) is 2.58. The Morgan fingerprint density at radius 3 is 2.58 bits per heavy atom. The van der Waals surface area contributed by atoms with Crippen molar-refractivity contribution in [2.24, 2.45) is 5.41 Å². The number of carbonyl (C=O) groups excluding carboxylic acids is 1. The molecule has 2 rings (SSSR count). The molecule has 1 aromatic rings. The Balaban J connectivity index is 1.88. The lowest BCUT2D eigenvalue weighted by molar-refractivity contribution is -0.185. The second-order valence-corrected chi connectivity index (χ2v) is 4.48. The highest BCUT2D eigenvalue weighted by Gasteiger charge is 2.53. The molecule has 1 aliphatic heterocycles. The number of benzene rings is 1. The summed E-state index contributed by atoms with van der Waals surface area (Å²) in [6.07, 6.45) is 0.314. The number of hydrogen-bond donors (Lipinski definition) is 2. The van der Waals surface area contributed by atoms with Crippen molar-refractivity contribution in [3.63, 3.8) is 0 Å². The van der Waals surface area contributed by atoms with Crippen molar-refractivity contribution >= 4 is 11.9 Å². The van der Waals surface area contributed by atoms with E-state index in [0.29, 0.717) is 12.0 Å². The third-order valence-electron chi connectivity index (χ3n) is 3.18. The molecule has 0 bridgehead atoms. The molecule has 0 atom stereocenters. The maximum absolute atomic E-state index is 13.3. The van der Waals surface area contributed by atoms with E-state index in [1.54, 1.807) is 18.2 Å². The number of amides is 1. The summed E-state index contributed by atoms with van der Waals surface area (Å²) in [5, 5.41) is 11.5. The summed E-state index contributed by atoms with van der Waals surface area (Å²) in [6.45, 7) is -0.0451. The molecule has 1 aliphatic rings. The second-order valence-electron chi connectivity index (χ2n) is 4.48. The van der Waals surface area contributed by atoms with Gasteiger partial charge in [0.15, 0.2) is 5.41 Å². The molecule has 5 nitrogen and oxygen atoms in total. The largest absolute Gasteiger partial charge is 0.480 e. The normalized spacial score (nSPS) is 16.5. The van der Waals surface area contributed by atoms with Crippen molar-refractivity contribution < 1.29 is 23.8 Å². The molecule has 1 aromatic carbocycles. The van der Waals surface area contributed by atoms with Crippen LogP contribution in [0.25, 0.3) is 0 Å². The van der Waals surface area contributed by atoms with Crippen molar-refractivity contribution in [1.82, 2.24) is 5.32 Å². The lowest BCUT2D eigenvalue weighted by Gasteiger charge is -2.35. The molecular formula is C13H14FNO4. The van der Waals surface area contributed by atoms with Crippen molar-refractivity contribution in [1.29, 1.82) is 0 Å². The predicted molar refractivity (Wildman–Crippen MR) is 64.0 cm³/mol. The number of carboxylic acids is 1. The molecule has 1 fully saturated rings. The van der Waals surface area contributed by atoms with E-state index in [1.165, 1.54) is 6.07 Å². The molecule has 0 aliphatic carbocycles. The van der Waals surface area contributed by atoms with Gasteiger partial charge in [-0.05, 0) is 18.1 Å². The maximum Gasteiger partial charge on any atom is 0.324 e. The van der Waals surface area contributed by atoms with Crippen molar-refractivity contribution in [2.45, 2.75) is 6.42 Å². The predicted octanol–water partition coefficient (Wildman–Crippen LogP) is 0.586. The fraction of sp³-hybridized carbons (Fsp3) is 0.385. The average Bonchev–Trinajstić information content (AvgIpc) is 2.29. The summed E-state index contributed by atoms with van der Waals surface area (Å²) in [6, 6.07) is 6.26. The van der Waals surface area contributed by atoms with Gasteiger partial charge in [0.25, 0.3) is 0 Å². The standard InChI is InChI=1S/C13H14FNO4/c14-10-4-2-1-3-9(10)5-6-15-11(16)13(12(17)18)7-19-8-13/h1-4H,5-8H2,(H,15,16)(H,17,18). The highest BCUT2D eigenvalue weighted by Crippen LogP contribution is 2.27. The molecule has 0 unspecified atom stereocenters. The molecule has 0 aromatic heterocycles. The van der Waals surface area contributed by atoms with Crippen LogP contribution in [-0.4, -0.2) is 36.7 Å². The number of hydrogen-bond acceptors (Lipinski definition) is 3. The van der Waals surface area contributed by atoms with Gasteiger partial charge in [-0.25, -0.2) is 4.39 Å². The molecule has 1 amide bonds. The number of halogens is 1. The first kappa shape index (κ1) is 13.5. The number of aliphatic carboxylic acids is 1. The van der Waals surface area contributed by atoms with E-state index in [2.05, 4.69) is 5.32 Å². The SMILES string of the molecule is O=C(O)C1(C(=O)NCCc2ccccc2F)COC1. The van der Waals surface area contributed by atoms with Crippen molar-refractivity contribution in [2.75, 3.05) is 19.8 Å². The van der Waals surface area contributed by atoms with E-state index in [9.17, 15) is 14.0 Å². The van der Waals surface area contributed by atoms with Gasteiger partial charge in [-0.2, -0.15) is 0 Å². The van der Waals surface area contributed by atoms with Crippen molar-refractivity contribution in [3.05, 3.63) is 35.6 Å². The van der Waals surface area contributed by atoms with E-state index < -0.39 is 17.3 Å². The Kier molecular flexibility index (Phi) is 3.80. The Labute approximate surface area is 109 Å². The summed E-state index contributed by atoms with van der Waals surface area (Å²) < 4.78 is 18.1. The Morgan fingerprint density at radius 2 is 2.05 bits per heavy atom. The molecule has 19 heavy (non-hydrogen) atoms. The summed E-state index contributed by atoms with van der Waals surface area (Å²) >= 11 is 0. The van der Waals surface area contributed by atoms with Crippen LogP contribution in [-0.2, 0) is 20.7 Å². The molecule has 0 spiro atoms. The van der Waals surface area contributed by atoms with Gasteiger partial charge in [-0.1, -0.05) is 18.2 Å². The molecular weight excluding hydrogens is 253 g/mol. The van der Waals surface area contributed by atoms with E-state index in [-0.39, 0.29) is 25.6 Å². The number of carbonyl (C=O) groups is 2. The number of nitrogens with one attached hydrogen (secondary N) is 1. The molecule has 102 valence electrons. The summed E-state index contributed by atoms with van der Waals surface area (Å²) in [7, 11) is 0. The van der Waals surface area contributed by atoms with Crippen LogP contribution < -0.4 is 5.32 Å². The number of carboxylic acid groups (broad SMARTS) is 1. The Hall–Kier alpha value is -1.95. The first-order valence-corrected chi connectivity index (χ1v) is 5.89. The molecule has 1 saturated heterocycles. The highest BCUT2D eigenvalue weighted by molar-refractivity contribution is 6.03. The molecule has 1 heterocycles. The van der Waals surface area contributed by atoms with E-state index in [1.807, 2.05) is 0 Å². The van der Waals surface area contributed by atoms with E-state index in [4.69, 9.17) is 9.84 Å². The summed E-state index contributed by atoms with van der Waals surface area (Å²) in [5.41, 5.74) is -0.994. The van der Waals surface area contributed by atoms with Gasteiger partial charge in [0.2, 0.25) is 5.91 Å². The Bertz CT molecular complexity index is 499. The van der Waals surface area contributed by atoms with Crippen LogP contribution in [0.5, 0.6) is 0 Å². The second kappa shape index (κ2) is 5.36. The molecule has 6 heteroatoms. The van der Waals surface area contributed by atoms with Crippen LogP contribution in [0.4, 0.5) is 4.39 Å². The van der Waals surface area contributed by atoms with Gasteiger partial charge in [-0.3, -0.25) is 9.59 Å². The van der Waals surface area contributed by atoms with Crippen LogP contribution in [0.15, 0.2) is 24.3 Å². The van der Waals surface area contributed by atoms with Gasteiger partial charge in [0.1, 0.15) is 5.82 Å². The van der Waals surface area contributed by atoms with Gasteiger partial charge in [0.05, 0.1) is 13.2 Å². The number of rotatable bonds is 5. The highest BCUT2D eigenvalue weighted by atomic mass is 19.1. The van der Waals surface area contributed by atoms with Crippen molar-refractivity contribution in [3.8, 4) is 0 Å². The summed E-state index contributed by atoms with van der Waals surface area (Å²) in [5.74, 6) is -2.11. The first-order valence-electron chi connectivity index (χ1n) is 5.89. The fourth-order valence-corrected chi connectivity index (χ4v) is 1.84. The summed E-state index contributed by atoms with van der Waals surface area (Å²) in [4.78, 5) is 22.8.